The van der Waals surface area contributed by atoms with Crippen molar-refractivity contribution in [2.45, 2.75) is 33.1 Å². The van der Waals surface area contributed by atoms with E-state index in [1.165, 1.54) is 0 Å². The molecule has 1 aromatic rings. The largest absolute Gasteiger partial charge is 0.299 e. The van der Waals surface area contributed by atoms with E-state index < -0.39 is 0 Å². The first-order valence-electron chi connectivity index (χ1n) is 5.44. The highest BCUT2D eigenvalue weighted by molar-refractivity contribution is 9.10. The summed E-state index contributed by atoms with van der Waals surface area (Å²) >= 11 is 3.41. The second-order valence-electron chi connectivity index (χ2n) is 3.79. The van der Waals surface area contributed by atoms with Crippen molar-refractivity contribution in [3.63, 3.8) is 0 Å². The Bertz CT molecular complexity index is 329. The monoisotopic (exact) mass is 268 g/mol. The number of hydrogen-bond acceptors (Lipinski definition) is 1. The van der Waals surface area contributed by atoms with Crippen molar-refractivity contribution >= 4 is 21.7 Å². The Morgan fingerprint density at radius 2 is 2.00 bits per heavy atom. The first-order valence-corrected chi connectivity index (χ1v) is 6.23. The minimum atomic E-state index is 0.226. The van der Waals surface area contributed by atoms with Crippen molar-refractivity contribution in [3.05, 3.63) is 34.3 Å². The van der Waals surface area contributed by atoms with Gasteiger partial charge in [0.25, 0.3) is 0 Å². The molecule has 0 atom stereocenters. The van der Waals surface area contributed by atoms with Gasteiger partial charge in [-0.25, -0.2) is 0 Å². The maximum atomic E-state index is 11.9. The van der Waals surface area contributed by atoms with Crippen molar-refractivity contribution in [3.8, 4) is 0 Å². The van der Waals surface area contributed by atoms with Crippen molar-refractivity contribution in [1.82, 2.24) is 0 Å². The van der Waals surface area contributed by atoms with Crippen molar-refractivity contribution < 1.29 is 4.79 Å². The van der Waals surface area contributed by atoms with Crippen LogP contribution in [0.15, 0.2) is 28.7 Å². The summed E-state index contributed by atoms with van der Waals surface area (Å²) in [5, 5.41) is 0. The Balaban J connectivity index is 2.65. The molecule has 0 heterocycles. The SMILES string of the molecule is CCC(CC)C(=O)Cc1cccc(Br)c1. The maximum absolute atomic E-state index is 11.9. The molecule has 0 saturated heterocycles. The number of benzene rings is 1. The van der Waals surface area contributed by atoms with Gasteiger partial charge in [0.15, 0.2) is 0 Å². The molecule has 82 valence electrons. The van der Waals surface area contributed by atoms with Crippen LogP contribution in [-0.4, -0.2) is 5.78 Å². The first-order chi connectivity index (χ1) is 7.17. The zero-order chi connectivity index (χ0) is 11.3. The molecule has 0 saturated carbocycles. The zero-order valence-corrected chi connectivity index (χ0v) is 10.9. The smallest absolute Gasteiger partial charge is 0.140 e. The first kappa shape index (κ1) is 12.4. The Labute approximate surface area is 100 Å². The van der Waals surface area contributed by atoms with E-state index in [4.69, 9.17) is 0 Å². The highest BCUT2D eigenvalue weighted by Gasteiger charge is 2.14. The minimum Gasteiger partial charge on any atom is -0.299 e. The van der Waals surface area contributed by atoms with Crippen molar-refractivity contribution in [2.75, 3.05) is 0 Å². The van der Waals surface area contributed by atoms with Crippen LogP contribution in [0.1, 0.15) is 32.3 Å². The Hall–Kier alpha value is -0.630. The lowest BCUT2D eigenvalue weighted by molar-refractivity contribution is -0.122. The molecule has 1 nitrogen and oxygen atoms in total. The van der Waals surface area contributed by atoms with E-state index in [1.807, 2.05) is 24.3 Å². The second kappa shape index (κ2) is 6.06. The summed E-state index contributed by atoms with van der Waals surface area (Å²) in [4.78, 5) is 11.9. The van der Waals surface area contributed by atoms with Gasteiger partial charge in [0.1, 0.15) is 5.78 Å². The molecule has 0 aliphatic rings. The Kier molecular flexibility index (Phi) is 5.03. The number of carbonyl (C=O) groups excluding carboxylic acids is 1. The molecule has 1 rings (SSSR count). The molecule has 0 bridgehead atoms. The van der Waals surface area contributed by atoms with Gasteiger partial charge >= 0.3 is 0 Å². The molecule has 0 aliphatic heterocycles. The summed E-state index contributed by atoms with van der Waals surface area (Å²) in [5.74, 6) is 0.585. The molecule has 0 aromatic heterocycles. The number of Topliss-reactive ketones (excluding diaryl/α,β-unsaturated/α-hetero) is 1. The van der Waals surface area contributed by atoms with E-state index in [1.54, 1.807) is 0 Å². The van der Waals surface area contributed by atoms with Gasteiger partial charge < -0.3 is 0 Å². The topological polar surface area (TPSA) is 17.1 Å². The average Bonchev–Trinajstić information content (AvgIpc) is 2.19. The normalized spacial score (nSPS) is 10.7. The molecular weight excluding hydrogens is 252 g/mol. The quantitative estimate of drug-likeness (QED) is 0.789. The molecule has 0 aliphatic carbocycles. The van der Waals surface area contributed by atoms with E-state index in [-0.39, 0.29) is 5.92 Å². The van der Waals surface area contributed by atoms with Crippen LogP contribution in [-0.2, 0) is 11.2 Å². The van der Waals surface area contributed by atoms with E-state index >= 15 is 0 Å². The number of halogens is 1. The summed E-state index contributed by atoms with van der Waals surface area (Å²) in [6.45, 7) is 4.15. The number of hydrogen-bond donors (Lipinski definition) is 0. The lowest BCUT2D eigenvalue weighted by Gasteiger charge is -2.10. The van der Waals surface area contributed by atoms with Gasteiger partial charge in [-0.15, -0.1) is 0 Å². The molecule has 1 aromatic carbocycles. The van der Waals surface area contributed by atoms with Gasteiger partial charge in [0.2, 0.25) is 0 Å². The van der Waals surface area contributed by atoms with Gasteiger partial charge in [0, 0.05) is 16.8 Å². The highest BCUT2D eigenvalue weighted by Crippen LogP contribution is 2.16. The van der Waals surface area contributed by atoms with Crippen LogP contribution in [0.5, 0.6) is 0 Å². The molecular formula is C13H17BrO. The molecule has 0 N–H and O–H groups in total. The van der Waals surface area contributed by atoms with E-state index in [2.05, 4.69) is 29.8 Å². The third-order valence-corrected chi connectivity index (χ3v) is 3.20. The zero-order valence-electron chi connectivity index (χ0n) is 9.29. The number of rotatable bonds is 5. The molecule has 0 amide bonds. The average molecular weight is 269 g/mol. The van der Waals surface area contributed by atoms with E-state index in [0.29, 0.717) is 12.2 Å². The standard InChI is InChI=1S/C13H17BrO/c1-3-11(4-2)13(15)9-10-6-5-7-12(14)8-10/h5-8,11H,3-4,9H2,1-2H3. The predicted molar refractivity (Wildman–Crippen MR) is 66.9 cm³/mol. The minimum absolute atomic E-state index is 0.226. The third-order valence-electron chi connectivity index (χ3n) is 2.71. The molecule has 0 spiro atoms. The summed E-state index contributed by atoms with van der Waals surface area (Å²) in [7, 11) is 0. The lowest BCUT2D eigenvalue weighted by Crippen LogP contribution is -2.15. The molecule has 0 radical (unpaired) electrons. The van der Waals surface area contributed by atoms with Crippen LogP contribution in [0, 0.1) is 5.92 Å². The molecule has 2 heteroatoms. The maximum Gasteiger partial charge on any atom is 0.140 e. The van der Waals surface area contributed by atoms with Crippen LogP contribution in [0.2, 0.25) is 0 Å². The van der Waals surface area contributed by atoms with E-state index in [0.717, 1.165) is 22.9 Å². The number of ketones is 1. The van der Waals surface area contributed by atoms with Crippen LogP contribution < -0.4 is 0 Å². The Morgan fingerprint density at radius 3 is 2.53 bits per heavy atom. The fourth-order valence-electron chi connectivity index (χ4n) is 1.74. The third kappa shape index (κ3) is 3.78. The number of carbonyl (C=O) groups is 1. The van der Waals surface area contributed by atoms with Crippen molar-refractivity contribution in [1.29, 1.82) is 0 Å². The van der Waals surface area contributed by atoms with Crippen LogP contribution in [0.3, 0.4) is 0 Å². The van der Waals surface area contributed by atoms with Gasteiger partial charge in [-0.05, 0) is 30.5 Å². The highest BCUT2D eigenvalue weighted by atomic mass is 79.9. The van der Waals surface area contributed by atoms with E-state index in [9.17, 15) is 4.79 Å². The van der Waals surface area contributed by atoms with Crippen LogP contribution >= 0.6 is 15.9 Å². The fourth-order valence-corrected chi connectivity index (χ4v) is 2.18. The van der Waals surface area contributed by atoms with Gasteiger partial charge in [-0.3, -0.25) is 4.79 Å². The molecule has 0 unspecified atom stereocenters. The molecule has 0 fully saturated rings. The second-order valence-corrected chi connectivity index (χ2v) is 4.70. The summed E-state index contributed by atoms with van der Waals surface area (Å²) in [6, 6.07) is 7.97. The summed E-state index contributed by atoms with van der Waals surface area (Å²) < 4.78 is 1.04. The predicted octanol–water partition coefficient (Wildman–Crippen LogP) is 4.00. The van der Waals surface area contributed by atoms with Gasteiger partial charge in [-0.1, -0.05) is 41.9 Å². The lowest BCUT2D eigenvalue weighted by atomic mass is 9.93. The Morgan fingerprint density at radius 1 is 1.33 bits per heavy atom. The van der Waals surface area contributed by atoms with Crippen molar-refractivity contribution in [2.24, 2.45) is 5.92 Å². The molecule has 15 heavy (non-hydrogen) atoms. The van der Waals surface area contributed by atoms with Gasteiger partial charge in [-0.2, -0.15) is 0 Å². The summed E-state index contributed by atoms with van der Waals surface area (Å²) in [5.41, 5.74) is 1.10. The van der Waals surface area contributed by atoms with Crippen LogP contribution in [0.25, 0.3) is 0 Å². The summed E-state index contributed by atoms with van der Waals surface area (Å²) in [6.07, 6.45) is 2.46. The fraction of sp³-hybridized carbons (Fsp3) is 0.462. The van der Waals surface area contributed by atoms with Crippen LogP contribution in [0.4, 0.5) is 0 Å². The van der Waals surface area contributed by atoms with Gasteiger partial charge in [0.05, 0.1) is 0 Å².